The van der Waals surface area contributed by atoms with Crippen LogP contribution in [0.25, 0.3) is 22.3 Å². The lowest BCUT2D eigenvalue weighted by Gasteiger charge is -2.38. The minimum atomic E-state index is -0.655. The SMILES string of the molecule is c1ccc(C2=NC(c3ccc4c(c3)C3(c5ccccc5Oc5ccccc53)c3ncccc3-4)NC(c3ccc(-c4ccccc4)cc3)=N2)cc1. The number of hydrogen-bond acceptors (Lipinski definition) is 5. The maximum atomic E-state index is 6.53. The minimum absolute atomic E-state index is 0.379. The third-order valence-corrected chi connectivity index (χ3v) is 10.1. The van der Waals surface area contributed by atoms with Crippen molar-refractivity contribution in [2.45, 2.75) is 11.6 Å². The van der Waals surface area contributed by atoms with Gasteiger partial charge in [-0.05, 0) is 52.1 Å². The Morgan fingerprint density at radius 3 is 1.86 bits per heavy atom. The number of amidine groups is 2. The number of aliphatic imine (C=N–C) groups is 2. The molecule has 1 N–H and O–H groups in total. The molecule has 1 aromatic heterocycles. The van der Waals surface area contributed by atoms with Crippen molar-refractivity contribution in [3.8, 4) is 33.8 Å². The number of hydrogen-bond donors (Lipinski definition) is 1. The van der Waals surface area contributed by atoms with Gasteiger partial charge in [-0.3, -0.25) is 4.98 Å². The van der Waals surface area contributed by atoms with E-state index in [2.05, 4.69) is 127 Å². The second kappa shape index (κ2) is 11.2. The molecule has 10 rings (SSSR count). The van der Waals surface area contributed by atoms with Gasteiger partial charge in [0.05, 0.1) is 11.1 Å². The lowest BCUT2D eigenvalue weighted by Crippen LogP contribution is -2.35. The molecule has 0 fully saturated rings. The Hall–Kier alpha value is -6.59. The molecule has 5 nitrogen and oxygen atoms in total. The summed E-state index contributed by atoms with van der Waals surface area (Å²) in [7, 11) is 0. The topological polar surface area (TPSA) is 58.9 Å². The van der Waals surface area contributed by atoms with Crippen LogP contribution in [0.5, 0.6) is 11.5 Å². The molecular formula is C45H30N4O. The Bertz CT molecular complexity index is 2440. The van der Waals surface area contributed by atoms with E-state index in [1.807, 2.05) is 48.7 Å². The Balaban J connectivity index is 1.14. The number of para-hydroxylation sites is 2. The zero-order valence-corrected chi connectivity index (χ0v) is 27.0. The number of fused-ring (bicyclic) bond motifs is 9. The highest BCUT2D eigenvalue weighted by atomic mass is 16.5. The lowest BCUT2D eigenvalue weighted by atomic mass is 9.67. The van der Waals surface area contributed by atoms with Crippen molar-refractivity contribution in [1.82, 2.24) is 10.3 Å². The second-order valence-electron chi connectivity index (χ2n) is 12.8. The molecule has 2 aliphatic heterocycles. The van der Waals surface area contributed by atoms with Gasteiger partial charge in [0.15, 0.2) is 5.84 Å². The maximum absolute atomic E-state index is 6.53. The molecule has 50 heavy (non-hydrogen) atoms. The number of nitrogens with zero attached hydrogens (tertiary/aromatic N) is 3. The quantitative estimate of drug-likeness (QED) is 0.208. The van der Waals surface area contributed by atoms with Crippen LogP contribution in [0.1, 0.15) is 45.2 Å². The van der Waals surface area contributed by atoms with Crippen molar-refractivity contribution >= 4 is 11.7 Å². The molecule has 236 valence electrons. The first kappa shape index (κ1) is 28.4. The number of nitrogens with one attached hydrogen (secondary N) is 1. The van der Waals surface area contributed by atoms with Crippen LogP contribution < -0.4 is 10.1 Å². The molecule has 0 saturated carbocycles. The Labute approximate surface area is 290 Å². The third kappa shape index (κ3) is 4.30. The van der Waals surface area contributed by atoms with E-state index in [1.165, 1.54) is 11.1 Å². The fraction of sp³-hybridized carbons (Fsp3) is 0.0444. The van der Waals surface area contributed by atoms with Gasteiger partial charge in [0, 0.05) is 34.0 Å². The first-order chi connectivity index (χ1) is 24.8. The van der Waals surface area contributed by atoms with Crippen molar-refractivity contribution < 1.29 is 4.74 Å². The predicted octanol–water partition coefficient (Wildman–Crippen LogP) is 9.71. The summed E-state index contributed by atoms with van der Waals surface area (Å²) >= 11 is 0. The molecule has 1 unspecified atom stereocenters. The summed E-state index contributed by atoms with van der Waals surface area (Å²) in [6.07, 6.45) is 1.52. The van der Waals surface area contributed by atoms with E-state index in [0.717, 1.165) is 67.5 Å². The molecule has 0 saturated heterocycles. The number of benzene rings is 6. The molecule has 1 aliphatic carbocycles. The molecule has 0 amide bonds. The van der Waals surface area contributed by atoms with Gasteiger partial charge in [0.25, 0.3) is 0 Å². The number of rotatable bonds is 4. The van der Waals surface area contributed by atoms with E-state index in [0.29, 0.717) is 5.84 Å². The lowest BCUT2D eigenvalue weighted by molar-refractivity contribution is 0.434. The van der Waals surface area contributed by atoms with Gasteiger partial charge >= 0.3 is 0 Å². The third-order valence-electron chi connectivity index (χ3n) is 10.1. The fourth-order valence-electron chi connectivity index (χ4n) is 7.80. The summed E-state index contributed by atoms with van der Waals surface area (Å²) < 4.78 is 6.53. The molecule has 0 bridgehead atoms. The van der Waals surface area contributed by atoms with E-state index in [1.54, 1.807) is 0 Å². The Morgan fingerprint density at radius 2 is 1.14 bits per heavy atom. The highest BCUT2D eigenvalue weighted by molar-refractivity contribution is 6.13. The Morgan fingerprint density at radius 1 is 0.520 bits per heavy atom. The molecular weight excluding hydrogens is 613 g/mol. The largest absolute Gasteiger partial charge is 0.457 e. The van der Waals surface area contributed by atoms with Crippen molar-refractivity contribution in [2.75, 3.05) is 0 Å². The first-order valence-electron chi connectivity index (χ1n) is 16.9. The average molecular weight is 643 g/mol. The van der Waals surface area contributed by atoms with Gasteiger partial charge in [-0.1, -0.05) is 140 Å². The van der Waals surface area contributed by atoms with Gasteiger partial charge in [0.1, 0.15) is 23.5 Å². The van der Waals surface area contributed by atoms with Crippen LogP contribution in [-0.4, -0.2) is 16.7 Å². The van der Waals surface area contributed by atoms with E-state index in [-0.39, 0.29) is 6.17 Å². The molecule has 0 radical (unpaired) electrons. The second-order valence-corrected chi connectivity index (χ2v) is 12.8. The van der Waals surface area contributed by atoms with Crippen molar-refractivity contribution in [3.05, 3.63) is 209 Å². The fourth-order valence-corrected chi connectivity index (χ4v) is 7.80. The highest BCUT2D eigenvalue weighted by Gasteiger charge is 2.52. The van der Waals surface area contributed by atoms with Crippen LogP contribution in [0.4, 0.5) is 0 Å². The smallest absolute Gasteiger partial charge is 0.159 e. The molecule has 1 atom stereocenters. The van der Waals surface area contributed by atoms with E-state index in [4.69, 9.17) is 19.7 Å². The van der Waals surface area contributed by atoms with Gasteiger partial charge in [0.2, 0.25) is 0 Å². The molecule has 1 spiro atoms. The standard InChI is InChI=1S/C45H30N4O/c1-3-12-29(13-4-1)30-21-23-32(24-22-30)43-47-42(31-14-5-2-6-15-31)48-44(49-43)33-25-26-34-35-16-11-27-46-41(35)45(38(34)28-33)36-17-7-9-19-39(36)50-40-20-10-8-18-37(40)45/h1-28,44H,(H,47,48,49). The van der Waals surface area contributed by atoms with Crippen LogP contribution in [0.2, 0.25) is 0 Å². The van der Waals surface area contributed by atoms with Crippen LogP contribution in [0.3, 0.4) is 0 Å². The summed E-state index contributed by atoms with van der Waals surface area (Å²) in [5.41, 5.74) is 11.3. The number of ether oxygens (including phenoxy) is 1. The van der Waals surface area contributed by atoms with Crippen LogP contribution in [0, 0.1) is 0 Å². The summed E-state index contributed by atoms with van der Waals surface area (Å²) in [4.78, 5) is 15.4. The maximum Gasteiger partial charge on any atom is 0.159 e. The van der Waals surface area contributed by atoms with Crippen molar-refractivity contribution in [3.63, 3.8) is 0 Å². The van der Waals surface area contributed by atoms with Crippen LogP contribution >= 0.6 is 0 Å². The van der Waals surface area contributed by atoms with E-state index < -0.39 is 5.41 Å². The molecule has 6 aromatic carbocycles. The molecule has 7 aromatic rings. The zero-order valence-electron chi connectivity index (χ0n) is 27.0. The summed E-state index contributed by atoms with van der Waals surface area (Å²) in [5.74, 6) is 3.16. The monoisotopic (exact) mass is 642 g/mol. The highest BCUT2D eigenvalue weighted by Crippen LogP contribution is 2.61. The van der Waals surface area contributed by atoms with E-state index in [9.17, 15) is 0 Å². The number of pyridine rings is 1. The average Bonchev–Trinajstić information content (AvgIpc) is 3.48. The van der Waals surface area contributed by atoms with E-state index >= 15 is 0 Å². The summed E-state index contributed by atoms with van der Waals surface area (Å²) in [6.45, 7) is 0. The van der Waals surface area contributed by atoms with Gasteiger partial charge in [-0.25, -0.2) is 9.98 Å². The van der Waals surface area contributed by atoms with Crippen LogP contribution in [-0.2, 0) is 5.41 Å². The number of aromatic nitrogens is 1. The predicted molar refractivity (Wildman–Crippen MR) is 199 cm³/mol. The normalized spacial score (nSPS) is 16.1. The first-order valence-corrected chi connectivity index (χ1v) is 16.9. The van der Waals surface area contributed by atoms with Gasteiger partial charge in [-0.15, -0.1) is 0 Å². The van der Waals surface area contributed by atoms with Gasteiger partial charge < -0.3 is 10.1 Å². The van der Waals surface area contributed by atoms with Crippen molar-refractivity contribution in [2.24, 2.45) is 9.98 Å². The summed E-state index contributed by atoms with van der Waals surface area (Å²) in [6, 6.07) is 56.9. The van der Waals surface area contributed by atoms with Gasteiger partial charge in [-0.2, -0.15) is 0 Å². The van der Waals surface area contributed by atoms with Crippen molar-refractivity contribution in [1.29, 1.82) is 0 Å². The molecule has 3 aliphatic rings. The zero-order chi connectivity index (χ0) is 33.1. The molecule has 3 heterocycles. The van der Waals surface area contributed by atoms with Crippen LogP contribution in [0.15, 0.2) is 180 Å². The summed E-state index contributed by atoms with van der Waals surface area (Å²) in [5, 5.41) is 3.71. The molecule has 5 heteroatoms. The minimum Gasteiger partial charge on any atom is -0.457 e. The Kier molecular flexibility index (Phi) is 6.39.